The SMILES string of the molecule is O=C(N[C@H](C(=O)c1nc(C2CC2)sc1-c1cccc(Cl)c1)C1CCCCN1)c1cccc(Cl)c1. The third-order valence-electron chi connectivity index (χ3n) is 6.30. The predicted molar refractivity (Wildman–Crippen MR) is 137 cm³/mol. The molecule has 1 saturated heterocycles. The zero-order valence-corrected chi connectivity index (χ0v) is 20.8. The van der Waals surface area contributed by atoms with Gasteiger partial charge in [0.2, 0.25) is 5.78 Å². The molecule has 0 bridgehead atoms. The molecule has 1 amide bonds. The standard InChI is InChI=1S/C26H25Cl2N3O2S/c27-18-7-3-5-16(13-18)24-22(31-26(34-24)15-10-11-15)23(32)21(20-9-1-2-12-29-20)30-25(33)17-6-4-8-19(28)14-17/h3-8,13-15,20-21,29H,1-2,9-12H2,(H,30,33)/t20?,21-/m0/s1. The van der Waals surface area contributed by atoms with E-state index < -0.39 is 6.04 Å². The number of piperidine rings is 1. The van der Waals surface area contributed by atoms with E-state index in [1.165, 1.54) is 0 Å². The molecule has 5 nitrogen and oxygen atoms in total. The van der Waals surface area contributed by atoms with Crippen LogP contribution in [0.25, 0.3) is 10.4 Å². The quantitative estimate of drug-likeness (QED) is 0.373. The van der Waals surface area contributed by atoms with Crippen molar-refractivity contribution in [3.05, 3.63) is 74.8 Å². The predicted octanol–water partition coefficient (Wildman–Crippen LogP) is 6.12. The zero-order chi connectivity index (χ0) is 23.7. The summed E-state index contributed by atoms with van der Waals surface area (Å²) < 4.78 is 0. The lowest BCUT2D eigenvalue weighted by Gasteiger charge is -2.31. The molecule has 3 aromatic rings. The van der Waals surface area contributed by atoms with Crippen molar-refractivity contribution < 1.29 is 9.59 Å². The molecule has 176 valence electrons. The van der Waals surface area contributed by atoms with Crippen molar-refractivity contribution >= 4 is 46.2 Å². The Kier molecular flexibility index (Phi) is 7.02. The van der Waals surface area contributed by atoms with E-state index in [0.717, 1.165) is 54.1 Å². The highest BCUT2D eigenvalue weighted by Crippen LogP contribution is 2.45. The lowest BCUT2D eigenvalue weighted by Crippen LogP contribution is -2.55. The molecule has 1 saturated carbocycles. The minimum Gasteiger partial charge on any atom is -0.340 e. The van der Waals surface area contributed by atoms with Gasteiger partial charge in [0.05, 0.1) is 9.88 Å². The molecule has 0 radical (unpaired) electrons. The lowest BCUT2D eigenvalue weighted by atomic mass is 9.92. The fraction of sp³-hybridized carbons (Fsp3) is 0.346. The first kappa shape index (κ1) is 23.5. The fourth-order valence-corrected chi connectivity index (χ4v) is 5.96. The van der Waals surface area contributed by atoms with E-state index in [-0.39, 0.29) is 17.7 Å². The van der Waals surface area contributed by atoms with Crippen LogP contribution < -0.4 is 10.6 Å². The third-order valence-corrected chi connectivity index (χ3v) is 8.03. The van der Waals surface area contributed by atoms with E-state index in [2.05, 4.69) is 10.6 Å². The smallest absolute Gasteiger partial charge is 0.251 e. The van der Waals surface area contributed by atoms with Gasteiger partial charge in [0.25, 0.3) is 5.91 Å². The molecule has 2 N–H and O–H groups in total. The Balaban J connectivity index is 1.51. The first-order valence-corrected chi connectivity index (χ1v) is 13.2. The Bertz CT molecular complexity index is 1220. The minimum atomic E-state index is -0.737. The van der Waals surface area contributed by atoms with Gasteiger partial charge in [0, 0.05) is 27.6 Å². The van der Waals surface area contributed by atoms with Crippen LogP contribution in [0.3, 0.4) is 0 Å². The average Bonchev–Trinajstić information content (AvgIpc) is 3.60. The van der Waals surface area contributed by atoms with Crippen LogP contribution in [0.4, 0.5) is 0 Å². The van der Waals surface area contributed by atoms with Crippen molar-refractivity contribution in [3.8, 4) is 10.4 Å². The van der Waals surface area contributed by atoms with Crippen LogP contribution >= 0.6 is 34.5 Å². The summed E-state index contributed by atoms with van der Waals surface area (Å²) in [4.78, 5) is 32.8. The molecule has 1 unspecified atom stereocenters. The Morgan fingerprint density at radius 2 is 1.79 bits per heavy atom. The van der Waals surface area contributed by atoms with Crippen molar-refractivity contribution in [3.63, 3.8) is 0 Å². The largest absolute Gasteiger partial charge is 0.340 e. The lowest BCUT2D eigenvalue weighted by molar-refractivity contribution is 0.0823. The molecule has 2 heterocycles. The summed E-state index contributed by atoms with van der Waals surface area (Å²) in [5, 5.41) is 8.51. The summed E-state index contributed by atoms with van der Waals surface area (Å²) in [6, 6.07) is 13.4. The Morgan fingerprint density at radius 1 is 1.03 bits per heavy atom. The number of amides is 1. The summed E-state index contributed by atoms with van der Waals surface area (Å²) in [5.41, 5.74) is 1.71. The molecule has 2 aliphatic rings. The molecular formula is C26H25Cl2N3O2S. The molecule has 1 aliphatic carbocycles. The molecule has 5 rings (SSSR count). The van der Waals surface area contributed by atoms with Crippen molar-refractivity contribution in [1.82, 2.24) is 15.6 Å². The average molecular weight is 514 g/mol. The van der Waals surface area contributed by atoms with E-state index >= 15 is 0 Å². The van der Waals surface area contributed by atoms with Gasteiger partial charge in [-0.25, -0.2) is 4.98 Å². The molecule has 0 spiro atoms. The van der Waals surface area contributed by atoms with E-state index in [9.17, 15) is 9.59 Å². The maximum absolute atomic E-state index is 14.0. The normalized spacial score (nSPS) is 18.9. The number of carbonyl (C=O) groups is 2. The topological polar surface area (TPSA) is 71.1 Å². The van der Waals surface area contributed by atoms with Gasteiger partial charge in [-0.3, -0.25) is 9.59 Å². The summed E-state index contributed by atoms with van der Waals surface area (Å²) >= 11 is 13.9. The number of Topliss-reactive ketones (excluding diaryl/α,β-unsaturated/α-hetero) is 1. The highest BCUT2D eigenvalue weighted by Gasteiger charge is 2.36. The first-order chi connectivity index (χ1) is 16.5. The molecular weight excluding hydrogens is 489 g/mol. The second-order valence-corrected chi connectivity index (χ2v) is 10.8. The Labute approximate surface area is 212 Å². The monoisotopic (exact) mass is 513 g/mol. The van der Waals surface area contributed by atoms with Crippen LogP contribution in [0.5, 0.6) is 0 Å². The maximum Gasteiger partial charge on any atom is 0.251 e. The number of halogens is 2. The number of hydrogen-bond donors (Lipinski definition) is 2. The van der Waals surface area contributed by atoms with Crippen LogP contribution in [0, 0.1) is 0 Å². The molecule has 2 atom stereocenters. The van der Waals surface area contributed by atoms with Gasteiger partial charge in [-0.2, -0.15) is 0 Å². The first-order valence-electron chi connectivity index (χ1n) is 11.6. The maximum atomic E-state index is 14.0. The van der Waals surface area contributed by atoms with Crippen LogP contribution in [0.15, 0.2) is 48.5 Å². The second kappa shape index (κ2) is 10.2. The molecule has 8 heteroatoms. The van der Waals surface area contributed by atoms with Gasteiger partial charge in [-0.05, 0) is 68.1 Å². The van der Waals surface area contributed by atoms with Crippen molar-refractivity contribution in [2.75, 3.05) is 6.54 Å². The van der Waals surface area contributed by atoms with Gasteiger partial charge in [0.15, 0.2) is 0 Å². The molecule has 1 aromatic heterocycles. The van der Waals surface area contributed by atoms with Gasteiger partial charge in [0.1, 0.15) is 11.7 Å². The summed E-state index contributed by atoms with van der Waals surface area (Å²) in [5.74, 6) is -0.0835. The Hall–Kier alpha value is -2.25. The van der Waals surface area contributed by atoms with Crippen LogP contribution in [-0.2, 0) is 0 Å². The number of carbonyl (C=O) groups excluding carboxylic acids is 2. The Morgan fingerprint density at radius 3 is 2.47 bits per heavy atom. The number of benzene rings is 2. The second-order valence-electron chi connectivity index (χ2n) is 8.90. The van der Waals surface area contributed by atoms with E-state index in [0.29, 0.717) is 27.2 Å². The number of hydrogen-bond acceptors (Lipinski definition) is 5. The van der Waals surface area contributed by atoms with Crippen molar-refractivity contribution in [2.24, 2.45) is 0 Å². The molecule has 2 aromatic carbocycles. The van der Waals surface area contributed by atoms with Crippen molar-refractivity contribution in [1.29, 1.82) is 0 Å². The number of thiazole rings is 1. The number of rotatable bonds is 7. The number of nitrogens with zero attached hydrogens (tertiary/aromatic N) is 1. The molecule has 34 heavy (non-hydrogen) atoms. The third kappa shape index (κ3) is 5.20. The van der Waals surface area contributed by atoms with Gasteiger partial charge >= 0.3 is 0 Å². The van der Waals surface area contributed by atoms with Crippen LogP contribution in [0.1, 0.15) is 63.9 Å². The van der Waals surface area contributed by atoms with Crippen LogP contribution in [-0.4, -0.2) is 35.3 Å². The molecule has 2 fully saturated rings. The van der Waals surface area contributed by atoms with E-state index in [1.807, 2.05) is 24.3 Å². The zero-order valence-electron chi connectivity index (χ0n) is 18.5. The van der Waals surface area contributed by atoms with E-state index in [4.69, 9.17) is 28.2 Å². The van der Waals surface area contributed by atoms with Gasteiger partial charge in [-0.1, -0.05) is 47.8 Å². The highest BCUT2D eigenvalue weighted by molar-refractivity contribution is 7.15. The van der Waals surface area contributed by atoms with Gasteiger partial charge in [-0.15, -0.1) is 11.3 Å². The summed E-state index contributed by atoms with van der Waals surface area (Å²) in [7, 11) is 0. The number of nitrogens with one attached hydrogen (secondary N) is 2. The minimum absolute atomic E-state index is 0.164. The molecule has 1 aliphatic heterocycles. The number of ketones is 1. The van der Waals surface area contributed by atoms with Gasteiger partial charge < -0.3 is 10.6 Å². The fourth-order valence-electron chi connectivity index (χ4n) is 4.35. The van der Waals surface area contributed by atoms with Crippen LogP contribution in [0.2, 0.25) is 10.0 Å². The highest BCUT2D eigenvalue weighted by atomic mass is 35.5. The summed E-state index contributed by atoms with van der Waals surface area (Å²) in [6.45, 7) is 0.813. The number of aromatic nitrogens is 1. The van der Waals surface area contributed by atoms with Crippen molar-refractivity contribution in [2.45, 2.75) is 50.1 Å². The van der Waals surface area contributed by atoms with E-state index in [1.54, 1.807) is 35.6 Å². The summed E-state index contributed by atoms with van der Waals surface area (Å²) in [6.07, 6.45) is 5.04.